The Balaban J connectivity index is 2.40. The van der Waals surface area contributed by atoms with E-state index in [-0.39, 0.29) is 11.1 Å². The monoisotopic (exact) mass is 263 g/mol. The maximum absolute atomic E-state index is 11.9. The van der Waals surface area contributed by atoms with Crippen molar-refractivity contribution in [3.8, 4) is 5.19 Å². The third-order valence-electron chi connectivity index (χ3n) is 1.82. The van der Waals surface area contributed by atoms with Crippen LogP contribution in [-0.2, 0) is 0 Å². The zero-order valence-electron chi connectivity index (χ0n) is 7.99. The zero-order chi connectivity index (χ0) is 12.6. The Bertz CT molecular complexity index is 578. The standard InChI is InChI=1S/C9H4F3NO3S/c10-9(11,12)16-8-13-5-2-1-4(7(14)15)3-6(5)17-8/h1-3H,(H,14,15). The number of fused-ring (bicyclic) bond motifs is 1. The Morgan fingerprint density at radius 3 is 2.71 bits per heavy atom. The van der Waals surface area contributed by atoms with E-state index in [1.807, 2.05) is 0 Å². The van der Waals surface area contributed by atoms with Crippen molar-refractivity contribution in [3.05, 3.63) is 23.8 Å². The molecule has 0 fully saturated rings. The minimum absolute atomic E-state index is 0.0142. The largest absolute Gasteiger partial charge is 0.574 e. The van der Waals surface area contributed by atoms with Crippen LogP contribution in [-0.4, -0.2) is 22.4 Å². The predicted molar refractivity (Wildman–Crippen MR) is 53.3 cm³/mol. The number of hydrogen-bond donors (Lipinski definition) is 1. The molecule has 0 amide bonds. The first-order valence-corrected chi connectivity index (χ1v) is 5.06. The normalized spacial score (nSPS) is 11.7. The number of thiazole rings is 1. The third-order valence-corrected chi connectivity index (χ3v) is 2.71. The van der Waals surface area contributed by atoms with Gasteiger partial charge in [0, 0.05) is 0 Å². The quantitative estimate of drug-likeness (QED) is 0.905. The Hall–Kier alpha value is -1.83. The predicted octanol–water partition coefficient (Wildman–Crippen LogP) is 2.89. The Morgan fingerprint density at radius 1 is 1.41 bits per heavy atom. The van der Waals surface area contributed by atoms with Crippen LogP contribution in [0.4, 0.5) is 13.2 Å². The summed E-state index contributed by atoms with van der Waals surface area (Å²) in [7, 11) is 0. The van der Waals surface area contributed by atoms with Crippen molar-refractivity contribution in [1.29, 1.82) is 0 Å². The lowest BCUT2D eigenvalue weighted by Gasteiger charge is -2.03. The molecule has 4 nitrogen and oxygen atoms in total. The van der Waals surface area contributed by atoms with Crippen molar-refractivity contribution in [1.82, 2.24) is 4.98 Å². The fourth-order valence-corrected chi connectivity index (χ4v) is 2.05. The van der Waals surface area contributed by atoms with Gasteiger partial charge < -0.3 is 9.84 Å². The summed E-state index contributed by atoms with van der Waals surface area (Å²) >= 11 is 0.639. The van der Waals surface area contributed by atoms with Gasteiger partial charge in [0.15, 0.2) is 0 Å². The van der Waals surface area contributed by atoms with E-state index in [0.29, 0.717) is 16.0 Å². The molecule has 8 heteroatoms. The second-order valence-corrected chi connectivity index (χ2v) is 4.01. The number of ether oxygens (including phenoxy) is 1. The van der Waals surface area contributed by atoms with Crippen LogP contribution in [0.1, 0.15) is 10.4 Å². The second-order valence-electron chi connectivity index (χ2n) is 3.02. The number of aromatic nitrogens is 1. The van der Waals surface area contributed by atoms with Crippen molar-refractivity contribution in [2.24, 2.45) is 0 Å². The highest BCUT2D eigenvalue weighted by Crippen LogP contribution is 2.32. The van der Waals surface area contributed by atoms with Crippen LogP contribution in [0.2, 0.25) is 0 Å². The SMILES string of the molecule is O=C(O)c1ccc2nc(OC(F)(F)F)sc2c1. The van der Waals surface area contributed by atoms with Gasteiger partial charge >= 0.3 is 12.3 Å². The van der Waals surface area contributed by atoms with E-state index in [4.69, 9.17) is 5.11 Å². The van der Waals surface area contributed by atoms with E-state index >= 15 is 0 Å². The van der Waals surface area contributed by atoms with Crippen molar-refractivity contribution >= 4 is 27.5 Å². The average Bonchev–Trinajstić information content (AvgIpc) is 2.54. The first kappa shape index (κ1) is 11.6. The number of alkyl halides is 3. The molecule has 0 aliphatic heterocycles. The maximum atomic E-state index is 11.9. The maximum Gasteiger partial charge on any atom is 0.574 e. The van der Waals surface area contributed by atoms with Gasteiger partial charge in [-0.2, -0.15) is 0 Å². The fourth-order valence-electron chi connectivity index (χ4n) is 1.18. The van der Waals surface area contributed by atoms with Crippen LogP contribution in [0, 0.1) is 0 Å². The molecule has 1 aromatic heterocycles. The lowest BCUT2D eigenvalue weighted by atomic mass is 10.2. The van der Waals surface area contributed by atoms with Gasteiger partial charge in [0.1, 0.15) is 0 Å². The number of carbonyl (C=O) groups is 1. The molecule has 0 saturated carbocycles. The lowest BCUT2D eigenvalue weighted by molar-refractivity contribution is -0.274. The van der Waals surface area contributed by atoms with Crippen LogP contribution in [0.15, 0.2) is 18.2 Å². The molecule has 0 bridgehead atoms. The third kappa shape index (κ3) is 2.64. The minimum Gasteiger partial charge on any atom is -0.478 e. The molecule has 0 atom stereocenters. The molecule has 0 spiro atoms. The smallest absolute Gasteiger partial charge is 0.478 e. The van der Waals surface area contributed by atoms with Crippen LogP contribution in [0.25, 0.3) is 10.2 Å². The molecule has 0 saturated heterocycles. The van der Waals surface area contributed by atoms with E-state index < -0.39 is 17.5 Å². The lowest BCUT2D eigenvalue weighted by Crippen LogP contribution is -2.16. The molecular weight excluding hydrogens is 259 g/mol. The molecule has 1 N–H and O–H groups in total. The summed E-state index contributed by atoms with van der Waals surface area (Å²) in [4.78, 5) is 14.2. The number of carboxylic acids is 1. The highest BCUT2D eigenvalue weighted by Gasteiger charge is 2.32. The zero-order valence-corrected chi connectivity index (χ0v) is 8.80. The molecule has 17 heavy (non-hydrogen) atoms. The summed E-state index contributed by atoms with van der Waals surface area (Å²) in [5, 5.41) is 8.15. The minimum atomic E-state index is -4.80. The highest BCUT2D eigenvalue weighted by molar-refractivity contribution is 7.20. The summed E-state index contributed by atoms with van der Waals surface area (Å²) in [5.41, 5.74) is 0.249. The van der Waals surface area contributed by atoms with Gasteiger partial charge in [-0.15, -0.1) is 13.2 Å². The Kier molecular flexibility index (Phi) is 2.66. The van der Waals surface area contributed by atoms with Gasteiger partial charge in [-0.1, -0.05) is 11.3 Å². The summed E-state index contributed by atoms with van der Waals surface area (Å²) < 4.78 is 39.8. The molecule has 2 aromatic rings. The number of halogens is 3. The van der Waals surface area contributed by atoms with Gasteiger partial charge in [-0.05, 0) is 18.2 Å². The molecule has 0 aliphatic carbocycles. The Labute approximate surface area is 96.3 Å². The molecule has 0 radical (unpaired) electrons. The highest BCUT2D eigenvalue weighted by atomic mass is 32.1. The molecular formula is C9H4F3NO3S. The number of carboxylic acid groups (broad SMARTS) is 1. The van der Waals surface area contributed by atoms with Crippen LogP contribution < -0.4 is 4.74 Å². The number of nitrogens with zero attached hydrogens (tertiary/aromatic N) is 1. The van der Waals surface area contributed by atoms with Gasteiger partial charge in [-0.25, -0.2) is 9.78 Å². The summed E-state index contributed by atoms with van der Waals surface area (Å²) in [6.07, 6.45) is -4.80. The van der Waals surface area contributed by atoms with Gasteiger partial charge in [0.2, 0.25) is 0 Å². The summed E-state index contributed by atoms with van der Waals surface area (Å²) in [6, 6.07) is 3.85. The molecule has 2 rings (SSSR count). The second kappa shape index (κ2) is 3.88. The average molecular weight is 263 g/mol. The molecule has 1 heterocycles. The Morgan fingerprint density at radius 2 is 2.12 bits per heavy atom. The van der Waals surface area contributed by atoms with Gasteiger partial charge in [0.25, 0.3) is 5.19 Å². The van der Waals surface area contributed by atoms with Gasteiger partial charge in [0.05, 0.1) is 15.8 Å². The molecule has 90 valence electrons. The van der Waals surface area contributed by atoms with E-state index in [1.54, 1.807) is 0 Å². The van der Waals surface area contributed by atoms with Gasteiger partial charge in [-0.3, -0.25) is 0 Å². The van der Waals surface area contributed by atoms with E-state index in [1.165, 1.54) is 18.2 Å². The van der Waals surface area contributed by atoms with E-state index in [0.717, 1.165) is 0 Å². The number of benzene rings is 1. The summed E-state index contributed by atoms with van der Waals surface area (Å²) in [6.45, 7) is 0. The van der Waals surface area contributed by atoms with Crippen molar-refractivity contribution in [3.63, 3.8) is 0 Å². The van der Waals surface area contributed by atoms with Crippen molar-refractivity contribution in [2.75, 3.05) is 0 Å². The molecule has 1 aromatic carbocycles. The summed E-state index contributed by atoms with van der Waals surface area (Å²) in [5.74, 6) is -1.15. The van der Waals surface area contributed by atoms with Crippen molar-refractivity contribution in [2.45, 2.75) is 6.36 Å². The van der Waals surface area contributed by atoms with Crippen LogP contribution in [0.3, 0.4) is 0 Å². The number of aromatic carboxylic acids is 1. The number of hydrogen-bond acceptors (Lipinski definition) is 4. The van der Waals surface area contributed by atoms with Crippen molar-refractivity contribution < 1.29 is 27.8 Å². The molecule has 0 aliphatic rings. The van der Waals surface area contributed by atoms with E-state index in [2.05, 4.69) is 9.72 Å². The number of rotatable bonds is 2. The fraction of sp³-hybridized carbons (Fsp3) is 0.111. The topological polar surface area (TPSA) is 59.4 Å². The first-order valence-electron chi connectivity index (χ1n) is 4.25. The first-order chi connectivity index (χ1) is 7.85. The van der Waals surface area contributed by atoms with Crippen LogP contribution in [0.5, 0.6) is 5.19 Å². The molecule has 0 unspecified atom stereocenters. The van der Waals surface area contributed by atoms with Crippen LogP contribution >= 0.6 is 11.3 Å². The van der Waals surface area contributed by atoms with E-state index in [9.17, 15) is 18.0 Å².